The predicted molar refractivity (Wildman–Crippen MR) is 99.6 cm³/mol. The van der Waals surface area contributed by atoms with Gasteiger partial charge >= 0.3 is 33.0 Å². The van der Waals surface area contributed by atoms with Crippen LogP contribution in [0.1, 0.15) is 6.23 Å². The van der Waals surface area contributed by atoms with E-state index in [1.54, 1.807) is 0 Å². The number of hydrogen-bond donors (Lipinski definition) is 5. The molecule has 13 nitrogen and oxygen atoms in total. The molecular weight excluding hydrogens is 505 g/mol. The maximum absolute atomic E-state index is 13.4. The average Bonchev–Trinajstić information content (AvgIpc) is 2.99. The molecule has 29 heavy (non-hydrogen) atoms. The van der Waals surface area contributed by atoms with Crippen LogP contribution in [0.4, 0.5) is 14.6 Å². The minimum Gasteiger partial charge on any atom is -0.383 e. The van der Waals surface area contributed by atoms with Crippen LogP contribution in [0.15, 0.2) is 17.1 Å². The molecular formula is C9H14F2N3O10P3S2. The lowest BCUT2D eigenvalue weighted by Crippen LogP contribution is -2.28. The van der Waals surface area contributed by atoms with Crippen LogP contribution in [0.5, 0.6) is 0 Å². The molecule has 0 amide bonds. The van der Waals surface area contributed by atoms with Crippen molar-refractivity contribution in [3.05, 3.63) is 22.7 Å². The summed E-state index contributed by atoms with van der Waals surface area (Å²) in [6.07, 6.45) is 0.514. The second kappa shape index (κ2) is 8.69. The molecule has 20 heteroatoms. The SMILES string of the molecule is Nc1ccn([C@H]2CS[C@@H](COP(O)(=S)OP(=O)(O)C(F)(F)P(=O)(O)O)O2)c(=O)n1. The monoisotopic (exact) mass is 519 g/mol. The van der Waals surface area contributed by atoms with Gasteiger partial charge in [0.05, 0.1) is 6.61 Å². The summed E-state index contributed by atoms with van der Waals surface area (Å²) in [6.45, 7) is -5.45. The summed E-state index contributed by atoms with van der Waals surface area (Å²) in [5.74, 6) is 0.208. The Labute approximate surface area is 170 Å². The van der Waals surface area contributed by atoms with Gasteiger partial charge in [-0.1, -0.05) is 0 Å². The maximum atomic E-state index is 13.4. The molecule has 2 unspecified atom stereocenters. The number of nitrogens with zero attached hydrogens (tertiary/aromatic N) is 2. The van der Waals surface area contributed by atoms with Crippen molar-refractivity contribution in [2.45, 2.75) is 17.1 Å². The van der Waals surface area contributed by atoms with Gasteiger partial charge in [-0.05, 0) is 17.9 Å². The van der Waals surface area contributed by atoms with Crippen molar-refractivity contribution < 1.29 is 51.1 Å². The zero-order valence-corrected chi connectivity index (χ0v) is 18.2. The minimum absolute atomic E-state index is 0.00422. The average molecular weight is 519 g/mol. The van der Waals surface area contributed by atoms with E-state index in [4.69, 9.17) is 25.2 Å². The van der Waals surface area contributed by atoms with Crippen LogP contribution in [0, 0.1) is 0 Å². The topological polar surface area (TPSA) is 204 Å². The van der Waals surface area contributed by atoms with Crippen LogP contribution >= 0.6 is 33.7 Å². The Kier molecular flexibility index (Phi) is 7.49. The van der Waals surface area contributed by atoms with Gasteiger partial charge in [-0.3, -0.25) is 13.7 Å². The first-order valence-electron chi connectivity index (χ1n) is 7.12. The van der Waals surface area contributed by atoms with Crippen molar-refractivity contribution in [1.29, 1.82) is 0 Å². The summed E-state index contributed by atoms with van der Waals surface area (Å²) in [5, 5.41) is -5.51. The first-order valence-corrected chi connectivity index (χ1v) is 14.0. The summed E-state index contributed by atoms with van der Waals surface area (Å²) in [7, 11) is -12.8. The molecule has 0 saturated carbocycles. The summed E-state index contributed by atoms with van der Waals surface area (Å²) < 4.78 is 64.0. The normalized spacial score (nSPS) is 24.8. The molecule has 1 aromatic heterocycles. The van der Waals surface area contributed by atoms with Crippen molar-refractivity contribution >= 4 is 51.3 Å². The highest BCUT2D eigenvalue weighted by molar-refractivity contribution is 8.08. The third-order valence-electron chi connectivity index (χ3n) is 3.17. The lowest BCUT2D eigenvalue weighted by atomic mass is 10.5. The van der Waals surface area contributed by atoms with Crippen LogP contribution in [0.2, 0.25) is 0 Å². The Morgan fingerprint density at radius 1 is 1.41 bits per heavy atom. The number of halogens is 2. The Morgan fingerprint density at radius 3 is 2.59 bits per heavy atom. The molecule has 1 aromatic rings. The fourth-order valence-electron chi connectivity index (χ4n) is 1.85. The summed E-state index contributed by atoms with van der Waals surface area (Å²) in [4.78, 5) is 51.2. The highest BCUT2D eigenvalue weighted by atomic mass is 32.5. The highest BCUT2D eigenvalue weighted by Crippen LogP contribution is 2.77. The van der Waals surface area contributed by atoms with E-state index < -0.39 is 51.3 Å². The Morgan fingerprint density at radius 2 is 2.03 bits per heavy atom. The molecule has 1 aliphatic rings. The van der Waals surface area contributed by atoms with E-state index in [1.807, 2.05) is 0 Å². The fraction of sp³-hybridized carbons (Fsp3) is 0.556. The Hall–Kier alpha value is -0.280. The smallest absolute Gasteiger partial charge is 0.383 e. The predicted octanol–water partition coefficient (Wildman–Crippen LogP) is 0.577. The zero-order valence-electron chi connectivity index (χ0n) is 13.8. The molecule has 1 saturated heterocycles. The number of nitrogens with two attached hydrogens (primary N) is 1. The number of ether oxygens (including phenoxy) is 1. The lowest BCUT2D eigenvalue weighted by Gasteiger charge is -2.25. The van der Waals surface area contributed by atoms with Gasteiger partial charge in [-0.2, -0.15) is 13.8 Å². The molecule has 4 atom stereocenters. The van der Waals surface area contributed by atoms with Crippen LogP contribution in [-0.2, 0) is 34.5 Å². The maximum Gasteiger partial charge on any atom is 0.444 e. The fourth-order valence-corrected chi connectivity index (χ4v) is 7.61. The van der Waals surface area contributed by atoms with E-state index >= 15 is 0 Å². The number of rotatable bonds is 8. The van der Waals surface area contributed by atoms with Gasteiger partial charge in [0, 0.05) is 11.9 Å². The largest absolute Gasteiger partial charge is 0.444 e. The first kappa shape index (κ1) is 25.0. The van der Waals surface area contributed by atoms with E-state index in [-0.39, 0.29) is 11.6 Å². The lowest BCUT2D eigenvalue weighted by molar-refractivity contribution is -0.00397. The highest BCUT2D eigenvalue weighted by Gasteiger charge is 2.66. The molecule has 1 fully saturated rings. The molecule has 2 heterocycles. The summed E-state index contributed by atoms with van der Waals surface area (Å²) in [6, 6.07) is 1.35. The summed E-state index contributed by atoms with van der Waals surface area (Å²) >= 11 is 5.40. The van der Waals surface area contributed by atoms with Gasteiger partial charge in [0.2, 0.25) is 0 Å². The van der Waals surface area contributed by atoms with Crippen LogP contribution < -0.4 is 11.4 Å². The molecule has 6 N–H and O–H groups in total. The quantitative estimate of drug-likeness (QED) is 0.298. The standard InChI is InChI=1S/C9H14F2N3O10P3S2/c10-9(11,25(16,17)18)26(19,20)24-27(21,28)22-3-7-23-6(4-29-7)14-2-1-5(12)13-8(14)15/h1-2,6-7H,3-4H2,(H,19,20)(H,21,28)(H2,12,13,15)(H2,16,17,18)/t6-,7+,27?/m1/s1. The minimum atomic E-state index is -6.41. The van der Waals surface area contributed by atoms with Crippen molar-refractivity contribution in [1.82, 2.24) is 9.55 Å². The van der Waals surface area contributed by atoms with Gasteiger partial charge in [0.1, 0.15) is 17.5 Å². The zero-order chi connectivity index (χ0) is 22.3. The van der Waals surface area contributed by atoms with E-state index in [0.29, 0.717) is 0 Å². The second-order valence-corrected chi connectivity index (χ2v) is 13.3. The molecule has 0 radical (unpaired) electrons. The molecule has 0 spiro atoms. The van der Waals surface area contributed by atoms with E-state index in [0.717, 1.165) is 16.3 Å². The van der Waals surface area contributed by atoms with Crippen LogP contribution in [0.25, 0.3) is 0 Å². The number of alkyl halides is 2. The molecule has 0 aromatic carbocycles. The van der Waals surface area contributed by atoms with Gasteiger partial charge in [0.15, 0.2) is 0 Å². The van der Waals surface area contributed by atoms with Crippen molar-refractivity contribution in [3.63, 3.8) is 0 Å². The first-order chi connectivity index (χ1) is 13.1. The number of nitrogen functional groups attached to an aromatic ring is 1. The number of aromatic nitrogens is 2. The Balaban J connectivity index is 1.99. The van der Waals surface area contributed by atoms with Crippen molar-refractivity contribution in [3.8, 4) is 0 Å². The number of anilines is 1. The molecule has 1 aliphatic heterocycles. The summed E-state index contributed by atoms with van der Waals surface area (Å²) in [5.41, 5.74) is 3.77. The van der Waals surface area contributed by atoms with E-state index in [9.17, 15) is 27.6 Å². The molecule has 166 valence electrons. The molecule has 2 rings (SSSR count). The van der Waals surface area contributed by atoms with Crippen LogP contribution in [0.3, 0.4) is 0 Å². The van der Waals surface area contributed by atoms with E-state index in [1.165, 1.54) is 12.3 Å². The van der Waals surface area contributed by atoms with Crippen molar-refractivity contribution in [2.75, 3.05) is 18.1 Å². The second-order valence-electron chi connectivity index (χ2n) is 5.32. The van der Waals surface area contributed by atoms with Crippen molar-refractivity contribution in [2.24, 2.45) is 0 Å². The third-order valence-corrected chi connectivity index (χ3v) is 10.3. The third kappa shape index (κ3) is 5.91. The number of hydrogen-bond acceptors (Lipinski definition) is 10. The van der Waals surface area contributed by atoms with Gasteiger partial charge in [0.25, 0.3) is 0 Å². The van der Waals surface area contributed by atoms with Gasteiger partial charge in [-0.15, -0.1) is 11.8 Å². The molecule has 0 bridgehead atoms. The van der Waals surface area contributed by atoms with Crippen LogP contribution in [-0.4, -0.2) is 52.3 Å². The van der Waals surface area contributed by atoms with E-state index in [2.05, 4.69) is 25.6 Å². The Bertz CT molecular complexity index is 973. The van der Waals surface area contributed by atoms with Gasteiger partial charge in [-0.25, -0.2) is 9.11 Å². The number of thioether (sulfide) groups is 1. The van der Waals surface area contributed by atoms with Gasteiger partial charge < -0.3 is 34.6 Å². The molecule has 0 aliphatic carbocycles.